The Balaban J connectivity index is 2.21. The zero-order valence-electron chi connectivity index (χ0n) is 10.7. The second-order valence-corrected chi connectivity index (χ2v) is 4.08. The summed E-state index contributed by atoms with van der Waals surface area (Å²) in [5.41, 5.74) is 0.132. The first kappa shape index (κ1) is 13.9. The Kier molecular flexibility index (Phi) is 4.81. The minimum atomic E-state index is -0.528. The van der Waals surface area contributed by atoms with Crippen LogP contribution < -0.4 is 4.65 Å². The SMILES string of the molecule is CCOC(=O)c1cc(O[B]O)n(C2CCCCO2)n1. The van der Waals surface area contributed by atoms with Crippen LogP contribution in [0.4, 0.5) is 0 Å². The van der Waals surface area contributed by atoms with Gasteiger partial charge in [0.1, 0.15) is 0 Å². The Labute approximate surface area is 111 Å². The molecular weight excluding hydrogens is 251 g/mol. The molecular formula is C11H16BN2O5. The molecule has 1 fully saturated rings. The molecule has 7 nitrogen and oxygen atoms in total. The van der Waals surface area contributed by atoms with Crippen molar-refractivity contribution in [1.82, 2.24) is 9.78 Å². The molecule has 0 aromatic carbocycles. The van der Waals surface area contributed by atoms with Gasteiger partial charge in [-0.25, -0.2) is 9.48 Å². The van der Waals surface area contributed by atoms with Gasteiger partial charge in [-0.2, -0.15) is 5.10 Å². The van der Waals surface area contributed by atoms with Crippen LogP contribution in [-0.4, -0.2) is 41.7 Å². The van der Waals surface area contributed by atoms with Gasteiger partial charge in [-0.05, 0) is 26.2 Å². The lowest BCUT2D eigenvalue weighted by molar-refractivity contribution is -0.0422. The van der Waals surface area contributed by atoms with Crippen LogP contribution in [0.25, 0.3) is 0 Å². The fourth-order valence-corrected chi connectivity index (χ4v) is 1.95. The van der Waals surface area contributed by atoms with Crippen LogP contribution in [0.2, 0.25) is 0 Å². The van der Waals surface area contributed by atoms with Gasteiger partial charge in [0.2, 0.25) is 0 Å². The van der Waals surface area contributed by atoms with Gasteiger partial charge in [0.05, 0.1) is 6.61 Å². The minimum absolute atomic E-state index is 0.132. The third-order valence-electron chi connectivity index (χ3n) is 2.79. The highest BCUT2D eigenvalue weighted by molar-refractivity contribution is 6.17. The normalized spacial score (nSPS) is 18.9. The monoisotopic (exact) mass is 267 g/mol. The molecule has 1 aliphatic heterocycles. The second kappa shape index (κ2) is 6.58. The largest absolute Gasteiger partial charge is 0.570 e. The molecule has 2 rings (SSSR count). The average Bonchev–Trinajstić information content (AvgIpc) is 2.85. The van der Waals surface area contributed by atoms with Gasteiger partial charge < -0.3 is 19.2 Å². The van der Waals surface area contributed by atoms with Crippen molar-refractivity contribution in [1.29, 1.82) is 0 Å². The van der Waals surface area contributed by atoms with E-state index in [0.717, 1.165) is 19.3 Å². The maximum Gasteiger partial charge on any atom is 0.570 e. The van der Waals surface area contributed by atoms with E-state index in [1.165, 1.54) is 10.7 Å². The third kappa shape index (κ3) is 3.27. The van der Waals surface area contributed by atoms with Crippen molar-refractivity contribution in [2.75, 3.05) is 13.2 Å². The molecule has 1 atom stereocenters. The van der Waals surface area contributed by atoms with E-state index in [1.54, 1.807) is 6.92 Å². The van der Waals surface area contributed by atoms with Gasteiger partial charge in [-0.3, -0.25) is 0 Å². The quantitative estimate of drug-likeness (QED) is 0.623. The van der Waals surface area contributed by atoms with Gasteiger partial charge >= 0.3 is 13.7 Å². The van der Waals surface area contributed by atoms with Crippen molar-refractivity contribution in [3.63, 3.8) is 0 Å². The predicted molar refractivity (Wildman–Crippen MR) is 65.6 cm³/mol. The summed E-state index contributed by atoms with van der Waals surface area (Å²) in [6.45, 7) is 2.63. The number of hydrogen-bond donors (Lipinski definition) is 1. The molecule has 1 unspecified atom stereocenters. The topological polar surface area (TPSA) is 82.8 Å². The molecule has 0 spiro atoms. The second-order valence-electron chi connectivity index (χ2n) is 4.08. The smallest absolute Gasteiger partial charge is 0.523 e. The van der Waals surface area contributed by atoms with E-state index in [4.69, 9.17) is 19.2 Å². The van der Waals surface area contributed by atoms with Gasteiger partial charge in [0, 0.05) is 12.7 Å². The van der Waals surface area contributed by atoms with Crippen LogP contribution in [-0.2, 0) is 9.47 Å². The van der Waals surface area contributed by atoms with Crippen LogP contribution >= 0.6 is 0 Å². The highest BCUT2D eigenvalue weighted by Gasteiger charge is 2.24. The summed E-state index contributed by atoms with van der Waals surface area (Å²) in [6, 6.07) is 1.42. The molecule has 0 bridgehead atoms. The highest BCUT2D eigenvalue weighted by Crippen LogP contribution is 2.27. The number of carbonyl (C=O) groups excluding carboxylic acids is 1. The van der Waals surface area contributed by atoms with Crippen LogP contribution in [0, 0.1) is 0 Å². The molecule has 1 N–H and O–H groups in total. The lowest BCUT2D eigenvalue weighted by Crippen LogP contribution is -2.21. The van der Waals surface area contributed by atoms with Crippen molar-refractivity contribution in [3.05, 3.63) is 11.8 Å². The van der Waals surface area contributed by atoms with Gasteiger partial charge in [-0.1, -0.05) is 0 Å². The molecule has 103 valence electrons. The Hall–Kier alpha value is -1.54. The molecule has 1 radical (unpaired) electrons. The molecule has 1 aliphatic rings. The molecule has 1 saturated heterocycles. The van der Waals surface area contributed by atoms with Crippen LogP contribution in [0.15, 0.2) is 6.07 Å². The molecule has 8 heteroatoms. The molecule has 0 amide bonds. The van der Waals surface area contributed by atoms with Crippen molar-refractivity contribution in [2.45, 2.75) is 32.4 Å². The fourth-order valence-electron chi connectivity index (χ4n) is 1.95. The van der Waals surface area contributed by atoms with Crippen LogP contribution in [0.3, 0.4) is 0 Å². The van der Waals surface area contributed by atoms with Crippen molar-refractivity contribution in [3.8, 4) is 5.88 Å². The maximum absolute atomic E-state index is 11.6. The van der Waals surface area contributed by atoms with E-state index < -0.39 is 5.97 Å². The van der Waals surface area contributed by atoms with Crippen molar-refractivity contribution < 1.29 is 23.9 Å². The molecule has 1 aromatic rings. The van der Waals surface area contributed by atoms with Gasteiger partial charge in [0.15, 0.2) is 17.8 Å². The standard InChI is InChI=1S/C11H16BN2O5/c1-2-17-11(15)8-7-10(19-12-16)14(13-8)9-5-3-4-6-18-9/h7,9,16H,2-6H2,1H3. The lowest BCUT2D eigenvalue weighted by atomic mass is 10.2. The molecule has 1 aromatic heterocycles. The number of nitrogens with zero attached hydrogens (tertiary/aromatic N) is 2. The fraction of sp³-hybridized carbons (Fsp3) is 0.636. The van der Waals surface area contributed by atoms with Gasteiger partial charge in [0.25, 0.3) is 0 Å². The lowest BCUT2D eigenvalue weighted by Gasteiger charge is -2.23. The molecule has 0 aliphatic carbocycles. The Morgan fingerprint density at radius 2 is 2.53 bits per heavy atom. The first-order chi connectivity index (χ1) is 9.26. The summed E-state index contributed by atoms with van der Waals surface area (Å²) in [5, 5.41) is 12.9. The predicted octanol–water partition coefficient (Wildman–Crippen LogP) is 0.664. The first-order valence-corrected chi connectivity index (χ1v) is 6.27. The third-order valence-corrected chi connectivity index (χ3v) is 2.79. The Morgan fingerprint density at radius 3 is 3.16 bits per heavy atom. The summed E-state index contributed by atoms with van der Waals surface area (Å²) in [7, 11) is 0.547. The van der Waals surface area contributed by atoms with Crippen LogP contribution in [0.1, 0.15) is 42.9 Å². The number of carbonyl (C=O) groups is 1. The van der Waals surface area contributed by atoms with Gasteiger partial charge in [-0.15, -0.1) is 0 Å². The summed E-state index contributed by atoms with van der Waals surface area (Å²) >= 11 is 0. The maximum atomic E-state index is 11.6. The zero-order chi connectivity index (χ0) is 13.7. The number of hydrogen-bond acceptors (Lipinski definition) is 6. The average molecular weight is 267 g/mol. The minimum Gasteiger partial charge on any atom is -0.523 e. The number of ether oxygens (including phenoxy) is 2. The number of aromatic nitrogens is 2. The Morgan fingerprint density at radius 1 is 1.68 bits per heavy atom. The zero-order valence-corrected chi connectivity index (χ0v) is 10.7. The summed E-state index contributed by atoms with van der Waals surface area (Å²) in [4.78, 5) is 11.6. The van der Waals surface area contributed by atoms with Crippen molar-refractivity contribution >= 4 is 13.7 Å². The molecule has 2 heterocycles. The van der Waals surface area contributed by atoms with Crippen LogP contribution in [0.5, 0.6) is 5.88 Å². The summed E-state index contributed by atoms with van der Waals surface area (Å²) < 4.78 is 16.9. The molecule has 19 heavy (non-hydrogen) atoms. The van der Waals surface area contributed by atoms with E-state index in [2.05, 4.69) is 5.10 Å². The number of rotatable bonds is 5. The van der Waals surface area contributed by atoms with E-state index in [0.29, 0.717) is 14.3 Å². The van der Waals surface area contributed by atoms with E-state index in [-0.39, 0.29) is 24.4 Å². The highest BCUT2D eigenvalue weighted by atomic mass is 16.5. The first-order valence-electron chi connectivity index (χ1n) is 6.27. The van der Waals surface area contributed by atoms with E-state index >= 15 is 0 Å². The summed E-state index contributed by atoms with van der Waals surface area (Å²) in [6.07, 6.45) is 2.52. The van der Waals surface area contributed by atoms with E-state index in [1.807, 2.05) is 0 Å². The van der Waals surface area contributed by atoms with Crippen molar-refractivity contribution in [2.24, 2.45) is 0 Å². The summed E-state index contributed by atoms with van der Waals surface area (Å²) in [5.74, 6) is -0.280. The number of esters is 1. The Bertz CT molecular complexity index is 431. The van der Waals surface area contributed by atoms with E-state index in [9.17, 15) is 4.79 Å². The molecule has 0 saturated carbocycles.